The topological polar surface area (TPSA) is 29.6 Å². The Balaban J connectivity index is 2.13. The van der Waals surface area contributed by atoms with Crippen molar-refractivity contribution in [1.29, 1.82) is 0 Å². The first-order chi connectivity index (χ1) is 12.1. The minimum Gasteiger partial charge on any atom is -0.258 e. The fourth-order valence-corrected chi connectivity index (χ4v) is 3.42. The first-order valence-electron chi connectivity index (χ1n) is 8.17. The smallest absolute Gasteiger partial charge is 0.206 e. The van der Waals surface area contributed by atoms with Crippen molar-refractivity contribution in [1.82, 2.24) is 4.68 Å². The van der Waals surface area contributed by atoms with E-state index in [1.165, 1.54) is 23.0 Å². The van der Waals surface area contributed by atoms with Crippen molar-refractivity contribution in [3.05, 3.63) is 75.2 Å². The summed E-state index contributed by atoms with van der Waals surface area (Å²) < 4.78 is 16.0. The maximum absolute atomic E-state index is 14.2. The Labute approximate surface area is 150 Å². The number of thiazole rings is 1. The van der Waals surface area contributed by atoms with Gasteiger partial charge in [-0.2, -0.15) is 5.10 Å². The van der Waals surface area contributed by atoms with Gasteiger partial charge in [0.2, 0.25) is 4.80 Å². The van der Waals surface area contributed by atoms with Crippen LogP contribution in [0.3, 0.4) is 0 Å². The highest BCUT2D eigenvalue weighted by Gasteiger charge is 2.11. The molecular formula is C20H20FN3S. The van der Waals surface area contributed by atoms with Crippen LogP contribution in [0.15, 0.2) is 57.9 Å². The van der Waals surface area contributed by atoms with Gasteiger partial charge in [-0.3, -0.25) is 4.99 Å². The third kappa shape index (κ3) is 3.77. The molecule has 0 bridgehead atoms. The Morgan fingerprint density at radius 1 is 1.16 bits per heavy atom. The molecule has 1 aromatic heterocycles. The number of hydrogen-bond donors (Lipinski definition) is 0. The lowest BCUT2D eigenvalue weighted by atomic mass is 10.1. The molecule has 1 heterocycles. The monoisotopic (exact) mass is 353 g/mol. The Bertz CT molecular complexity index is 983. The minimum atomic E-state index is -0.265. The van der Waals surface area contributed by atoms with Crippen LogP contribution in [0, 0.1) is 19.7 Å². The van der Waals surface area contributed by atoms with E-state index in [1.54, 1.807) is 16.8 Å². The van der Waals surface area contributed by atoms with E-state index in [1.807, 2.05) is 31.5 Å². The number of hydrogen-bond acceptors (Lipinski definition) is 3. The molecule has 2 aromatic carbocycles. The standard InChI is InChI=1S/C20H20FN3S/c1-4-22-20-24(23-12-16-11-14(2)9-10-15(16)3)19(13-25-20)17-7-5-6-8-18(17)21/h5-13H,4H2,1-3H3. The Morgan fingerprint density at radius 3 is 2.72 bits per heavy atom. The van der Waals surface area contributed by atoms with Crippen LogP contribution >= 0.6 is 11.3 Å². The average Bonchev–Trinajstić information content (AvgIpc) is 2.99. The van der Waals surface area contributed by atoms with Crippen LogP contribution in [-0.2, 0) is 0 Å². The van der Waals surface area contributed by atoms with Crippen molar-refractivity contribution in [3.63, 3.8) is 0 Å². The summed E-state index contributed by atoms with van der Waals surface area (Å²) in [6, 6.07) is 13.0. The van der Waals surface area contributed by atoms with Gasteiger partial charge in [0, 0.05) is 17.5 Å². The third-order valence-corrected chi connectivity index (χ3v) is 4.73. The van der Waals surface area contributed by atoms with Gasteiger partial charge >= 0.3 is 0 Å². The molecule has 0 aliphatic carbocycles. The van der Waals surface area contributed by atoms with Gasteiger partial charge in [-0.1, -0.05) is 35.9 Å². The number of rotatable bonds is 4. The summed E-state index contributed by atoms with van der Waals surface area (Å²) in [5, 5.41) is 6.51. The zero-order valence-corrected chi connectivity index (χ0v) is 15.3. The van der Waals surface area contributed by atoms with Gasteiger partial charge in [0.25, 0.3) is 0 Å². The fraction of sp³-hybridized carbons (Fsp3) is 0.200. The zero-order chi connectivity index (χ0) is 17.8. The average molecular weight is 353 g/mol. The van der Waals surface area contributed by atoms with Crippen molar-refractivity contribution in [2.75, 3.05) is 6.54 Å². The van der Waals surface area contributed by atoms with Crippen LogP contribution in [0.5, 0.6) is 0 Å². The summed E-state index contributed by atoms with van der Waals surface area (Å²) in [4.78, 5) is 5.23. The van der Waals surface area contributed by atoms with Crippen LogP contribution in [0.1, 0.15) is 23.6 Å². The van der Waals surface area contributed by atoms with Gasteiger partial charge < -0.3 is 0 Å². The summed E-state index contributed by atoms with van der Waals surface area (Å²) >= 11 is 1.46. The van der Waals surface area contributed by atoms with Crippen molar-refractivity contribution in [3.8, 4) is 11.3 Å². The molecule has 5 heteroatoms. The maximum atomic E-state index is 14.2. The first-order valence-corrected chi connectivity index (χ1v) is 9.05. The lowest BCUT2D eigenvalue weighted by Crippen LogP contribution is -2.12. The van der Waals surface area contributed by atoms with Gasteiger partial charge in [0.1, 0.15) is 5.82 Å². The van der Waals surface area contributed by atoms with Gasteiger partial charge in [-0.05, 0) is 44.0 Å². The second-order valence-electron chi connectivity index (χ2n) is 5.77. The summed E-state index contributed by atoms with van der Waals surface area (Å²) in [5.74, 6) is -0.265. The van der Waals surface area contributed by atoms with Crippen LogP contribution in [0.4, 0.5) is 4.39 Å². The van der Waals surface area contributed by atoms with E-state index in [-0.39, 0.29) is 5.82 Å². The molecule has 0 fully saturated rings. The molecule has 0 N–H and O–H groups in total. The summed E-state index contributed by atoms with van der Waals surface area (Å²) in [6.45, 7) is 6.72. The van der Waals surface area contributed by atoms with Crippen molar-refractivity contribution >= 4 is 17.6 Å². The minimum absolute atomic E-state index is 0.265. The number of benzene rings is 2. The SMILES string of the molecule is CCN=c1scc(-c2ccccc2F)n1N=Cc1cc(C)ccc1C. The molecule has 3 aromatic rings. The van der Waals surface area contributed by atoms with E-state index in [9.17, 15) is 4.39 Å². The molecule has 0 unspecified atom stereocenters. The van der Waals surface area contributed by atoms with Crippen LogP contribution in [0.25, 0.3) is 11.3 Å². The maximum Gasteiger partial charge on any atom is 0.206 e. The summed E-state index contributed by atoms with van der Waals surface area (Å²) in [5.41, 5.74) is 4.59. The quantitative estimate of drug-likeness (QED) is 0.605. The van der Waals surface area contributed by atoms with E-state index in [0.29, 0.717) is 17.8 Å². The third-order valence-electron chi connectivity index (χ3n) is 3.88. The predicted molar refractivity (Wildman–Crippen MR) is 103 cm³/mol. The molecule has 3 nitrogen and oxygen atoms in total. The molecule has 25 heavy (non-hydrogen) atoms. The predicted octanol–water partition coefficient (Wildman–Crippen LogP) is 4.78. The van der Waals surface area contributed by atoms with E-state index < -0.39 is 0 Å². The zero-order valence-electron chi connectivity index (χ0n) is 14.5. The Morgan fingerprint density at radius 2 is 1.96 bits per heavy atom. The van der Waals surface area contributed by atoms with Crippen molar-refractivity contribution in [2.24, 2.45) is 10.1 Å². The molecule has 3 rings (SSSR count). The van der Waals surface area contributed by atoms with Crippen LogP contribution < -0.4 is 4.80 Å². The largest absolute Gasteiger partial charge is 0.258 e. The molecule has 128 valence electrons. The van der Waals surface area contributed by atoms with E-state index >= 15 is 0 Å². The molecule has 0 amide bonds. The van der Waals surface area contributed by atoms with Crippen LogP contribution in [0.2, 0.25) is 0 Å². The highest BCUT2D eigenvalue weighted by atomic mass is 32.1. The van der Waals surface area contributed by atoms with Crippen molar-refractivity contribution in [2.45, 2.75) is 20.8 Å². The van der Waals surface area contributed by atoms with Gasteiger partial charge in [-0.25, -0.2) is 9.07 Å². The molecule has 0 saturated carbocycles. The molecule has 0 spiro atoms. The molecule has 0 radical (unpaired) electrons. The van der Waals surface area contributed by atoms with Gasteiger partial charge in [-0.15, -0.1) is 11.3 Å². The normalized spacial score (nSPS) is 12.2. The van der Waals surface area contributed by atoms with Gasteiger partial charge in [0.05, 0.1) is 11.9 Å². The number of aromatic nitrogens is 1. The lowest BCUT2D eigenvalue weighted by molar-refractivity contribution is 0.629. The van der Waals surface area contributed by atoms with Gasteiger partial charge in [0.15, 0.2) is 0 Å². The van der Waals surface area contributed by atoms with Crippen molar-refractivity contribution < 1.29 is 4.39 Å². The van der Waals surface area contributed by atoms with E-state index in [0.717, 1.165) is 15.9 Å². The number of halogens is 1. The molecule has 0 aliphatic rings. The van der Waals surface area contributed by atoms with E-state index in [4.69, 9.17) is 0 Å². The Hall–Kier alpha value is -2.53. The molecular weight excluding hydrogens is 333 g/mol. The lowest BCUT2D eigenvalue weighted by Gasteiger charge is -2.06. The second-order valence-corrected chi connectivity index (χ2v) is 6.61. The first kappa shape index (κ1) is 17.3. The summed E-state index contributed by atoms with van der Waals surface area (Å²) in [6.07, 6.45) is 1.81. The second kappa shape index (κ2) is 7.57. The molecule has 0 saturated heterocycles. The Kier molecular flexibility index (Phi) is 5.24. The summed E-state index contributed by atoms with van der Waals surface area (Å²) in [7, 11) is 0. The number of nitrogens with zero attached hydrogens (tertiary/aromatic N) is 3. The highest BCUT2D eigenvalue weighted by Crippen LogP contribution is 2.23. The molecule has 0 atom stereocenters. The van der Waals surface area contributed by atoms with E-state index in [2.05, 4.69) is 35.2 Å². The highest BCUT2D eigenvalue weighted by molar-refractivity contribution is 7.07. The fourth-order valence-electron chi connectivity index (χ4n) is 2.53. The molecule has 0 aliphatic heterocycles. The van der Waals surface area contributed by atoms with Crippen LogP contribution in [-0.4, -0.2) is 17.4 Å². The number of aryl methyl sites for hydroxylation is 2.